The van der Waals surface area contributed by atoms with Crippen molar-refractivity contribution in [3.05, 3.63) is 0 Å². The van der Waals surface area contributed by atoms with Crippen LogP contribution in [0.3, 0.4) is 0 Å². The van der Waals surface area contributed by atoms with Gasteiger partial charge in [0.1, 0.15) is 6.04 Å². The average Bonchev–Trinajstić information content (AvgIpc) is 2.23. The van der Waals surface area contributed by atoms with Crippen molar-refractivity contribution in [2.75, 3.05) is 40.4 Å². The van der Waals surface area contributed by atoms with E-state index in [1.54, 1.807) is 12.0 Å². The summed E-state index contributed by atoms with van der Waals surface area (Å²) in [4.78, 5) is 16.0. The maximum absolute atomic E-state index is 12.1. The molecule has 0 radical (unpaired) electrons. The van der Waals surface area contributed by atoms with Crippen molar-refractivity contribution in [3.63, 3.8) is 0 Å². The lowest BCUT2D eigenvalue weighted by Crippen LogP contribution is -2.67. The molecule has 1 atom stereocenters. The van der Waals surface area contributed by atoms with Crippen LogP contribution in [0.15, 0.2) is 0 Å². The zero-order valence-corrected chi connectivity index (χ0v) is 10.7. The highest BCUT2D eigenvalue weighted by molar-refractivity contribution is 5.83. The molecule has 1 aliphatic heterocycles. The number of nitrogens with two attached hydrogens (primary N) is 1. The minimum atomic E-state index is -0.201. The molecule has 1 heterocycles. The second-order valence-corrected chi connectivity index (χ2v) is 4.92. The number of likely N-dealkylation sites (N-methyl/N-ethyl adjacent to an activating group) is 1. The molecule has 1 rings (SSSR count). The van der Waals surface area contributed by atoms with Gasteiger partial charge in [0.2, 0.25) is 5.91 Å². The normalized spacial score (nSPS) is 26.2. The molecular weight excluding hydrogens is 206 g/mol. The summed E-state index contributed by atoms with van der Waals surface area (Å²) in [5, 5.41) is 0. The third kappa shape index (κ3) is 2.53. The fourth-order valence-electron chi connectivity index (χ4n) is 2.08. The van der Waals surface area contributed by atoms with E-state index >= 15 is 0 Å². The van der Waals surface area contributed by atoms with Gasteiger partial charge in [0, 0.05) is 39.3 Å². The number of carbonyl (C=O) groups excluding carboxylic acids is 1. The number of carbonyl (C=O) groups is 1. The van der Waals surface area contributed by atoms with Gasteiger partial charge in [0.05, 0.1) is 6.61 Å². The molecule has 16 heavy (non-hydrogen) atoms. The van der Waals surface area contributed by atoms with Crippen LogP contribution in [0.25, 0.3) is 0 Å². The zero-order chi connectivity index (χ0) is 12.3. The third-order valence-electron chi connectivity index (χ3n) is 3.36. The maximum atomic E-state index is 12.1. The van der Waals surface area contributed by atoms with Crippen LogP contribution >= 0.6 is 0 Å². The Labute approximate surface area is 97.5 Å². The first-order chi connectivity index (χ1) is 7.44. The van der Waals surface area contributed by atoms with E-state index in [0.29, 0.717) is 13.2 Å². The van der Waals surface area contributed by atoms with Crippen LogP contribution in [0.2, 0.25) is 0 Å². The fourth-order valence-corrected chi connectivity index (χ4v) is 2.08. The number of hydrogen-bond acceptors (Lipinski definition) is 4. The van der Waals surface area contributed by atoms with Gasteiger partial charge in [0.25, 0.3) is 0 Å². The smallest absolute Gasteiger partial charge is 0.241 e. The fraction of sp³-hybridized carbons (Fsp3) is 0.909. The molecule has 0 aromatic rings. The molecule has 5 nitrogen and oxygen atoms in total. The number of ether oxygens (including phenoxy) is 1. The van der Waals surface area contributed by atoms with E-state index in [-0.39, 0.29) is 17.5 Å². The highest BCUT2D eigenvalue weighted by Gasteiger charge is 2.41. The summed E-state index contributed by atoms with van der Waals surface area (Å²) in [6, 6.07) is -0.201. The van der Waals surface area contributed by atoms with Gasteiger partial charge < -0.3 is 15.4 Å². The van der Waals surface area contributed by atoms with Crippen LogP contribution in [0.4, 0.5) is 0 Å². The number of rotatable bonds is 4. The summed E-state index contributed by atoms with van der Waals surface area (Å²) >= 11 is 0. The second kappa shape index (κ2) is 5.12. The SMILES string of the molecule is COCCN1CC(C)(C)N(C)C(=O)C1CN. The first-order valence-electron chi connectivity index (χ1n) is 5.64. The van der Waals surface area contributed by atoms with Crippen LogP contribution in [0.1, 0.15) is 13.8 Å². The summed E-state index contributed by atoms with van der Waals surface area (Å²) in [7, 11) is 3.51. The van der Waals surface area contributed by atoms with Gasteiger partial charge in [-0.3, -0.25) is 9.69 Å². The van der Waals surface area contributed by atoms with Gasteiger partial charge in [-0.15, -0.1) is 0 Å². The molecule has 0 bridgehead atoms. The van der Waals surface area contributed by atoms with Gasteiger partial charge in [-0.2, -0.15) is 0 Å². The van der Waals surface area contributed by atoms with Crippen molar-refractivity contribution < 1.29 is 9.53 Å². The largest absolute Gasteiger partial charge is 0.383 e. The summed E-state index contributed by atoms with van der Waals surface area (Å²) in [6.07, 6.45) is 0. The molecule has 1 unspecified atom stereocenters. The third-order valence-corrected chi connectivity index (χ3v) is 3.36. The molecule has 0 aromatic heterocycles. The van der Waals surface area contributed by atoms with Crippen molar-refractivity contribution in [1.29, 1.82) is 0 Å². The van der Waals surface area contributed by atoms with Gasteiger partial charge in [0.15, 0.2) is 0 Å². The van der Waals surface area contributed by atoms with Crippen molar-refractivity contribution in [3.8, 4) is 0 Å². The zero-order valence-electron chi connectivity index (χ0n) is 10.7. The Morgan fingerprint density at radius 1 is 1.56 bits per heavy atom. The molecule has 1 fully saturated rings. The van der Waals surface area contributed by atoms with Crippen LogP contribution in [-0.4, -0.2) is 67.7 Å². The standard InChI is InChI=1S/C11H23N3O2/c1-11(2)8-14(5-6-16-4)9(7-12)10(15)13(11)3/h9H,5-8,12H2,1-4H3. The second-order valence-electron chi connectivity index (χ2n) is 4.92. The molecule has 0 aromatic carbocycles. The maximum Gasteiger partial charge on any atom is 0.241 e. The molecule has 1 saturated heterocycles. The molecule has 1 aliphatic rings. The Morgan fingerprint density at radius 2 is 2.19 bits per heavy atom. The molecule has 5 heteroatoms. The predicted molar refractivity (Wildman–Crippen MR) is 63.1 cm³/mol. The summed E-state index contributed by atoms with van der Waals surface area (Å²) in [5.41, 5.74) is 5.53. The first kappa shape index (κ1) is 13.4. The van der Waals surface area contributed by atoms with Crippen LogP contribution in [0.5, 0.6) is 0 Å². The molecule has 0 aliphatic carbocycles. The topological polar surface area (TPSA) is 58.8 Å². The van der Waals surface area contributed by atoms with Crippen molar-refractivity contribution >= 4 is 5.91 Å². The molecule has 0 spiro atoms. The Bertz CT molecular complexity index is 256. The number of hydrogen-bond donors (Lipinski definition) is 1. The predicted octanol–water partition coefficient (Wildman–Crippen LogP) is -0.487. The van der Waals surface area contributed by atoms with Crippen LogP contribution in [-0.2, 0) is 9.53 Å². The number of amides is 1. The summed E-state index contributed by atoms with van der Waals surface area (Å²) in [6.45, 7) is 6.71. The van der Waals surface area contributed by atoms with E-state index in [9.17, 15) is 4.79 Å². The van der Waals surface area contributed by atoms with Crippen LogP contribution in [0, 0.1) is 0 Å². The van der Waals surface area contributed by atoms with Crippen LogP contribution < -0.4 is 5.73 Å². The molecule has 1 amide bonds. The molecule has 94 valence electrons. The molecule has 0 saturated carbocycles. The lowest BCUT2D eigenvalue weighted by Gasteiger charge is -2.48. The monoisotopic (exact) mass is 229 g/mol. The van der Waals surface area contributed by atoms with Gasteiger partial charge in [-0.25, -0.2) is 0 Å². The first-order valence-corrected chi connectivity index (χ1v) is 5.64. The number of nitrogens with zero attached hydrogens (tertiary/aromatic N) is 2. The Balaban J connectivity index is 2.78. The van der Waals surface area contributed by atoms with Crippen molar-refractivity contribution in [1.82, 2.24) is 9.80 Å². The van der Waals surface area contributed by atoms with E-state index in [1.165, 1.54) is 0 Å². The Morgan fingerprint density at radius 3 is 2.69 bits per heavy atom. The van der Waals surface area contributed by atoms with Gasteiger partial charge in [-0.05, 0) is 13.8 Å². The van der Waals surface area contributed by atoms with E-state index in [1.807, 2.05) is 7.05 Å². The summed E-state index contributed by atoms with van der Waals surface area (Å²) < 4.78 is 5.06. The average molecular weight is 229 g/mol. The Hall–Kier alpha value is -0.650. The van der Waals surface area contributed by atoms with Crippen molar-refractivity contribution in [2.45, 2.75) is 25.4 Å². The lowest BCUT2D eigenvalue weighted by atomic mass is 9.95. The summed E-state index contributed by atoms with van der Waals surface area (Å²) in [5.74, 6) is 0.106. The van der Waals surface area contributed by atoms with E-state index in [2.05, 4.69) is 18.7 Å². The lowest BCUT2D eigenvalue weighted by molar-refractivity contribution is -0.149. The quantitative estimate of drug-likeness (QED) is 0.707. The highest BCUT2D eigenvalue weighted by atomic mass is 16.5. The van der Waals surface area contributed by atoms with E-state index in [0.717, 1.165) is 13.1 Å². The van der Waals surface area contributed by atoms with E-state index < -0.39 is 0 Å². The van der Waals surface area contributed by atoms with Gasteiger partial charge in [-0.1, -0.05) is 0 Å². The van der Waals surface area contributed by atoms with E-state index in [4.69, 9.17) is 10.5 Å². The Kier molecular flexibility index (Phi) is 4.29. The van der Waals surface area contributed by atoms with Crippen molar-refractivity contribution in [2.24, 2.45) is 5.73 Å². The van der Waals surface area contributed by atoms with Gasteiger partial charge >= 0.3 is 0 Å². The minimum Gasteiger partial charge on any atom is -0.383 e. The molecule has 2 N–H and O–H groups in total. The molecular formula is C11H23N3O2. The number of piperazine rings is 1. The number of methoxy groups -OCH3 is 1. The highest BCUT2D eigenvalue weighted by Crippen LogP contribution is 2.23. The minimum absolute atomic E-state index is 0.106.